The summed E-state index contributed by atoms with van der Waals surface area (Å²) in [5.41, 5.74) is 8.31. The van der Waals surface area contributed by atoms with Crippen molar-refractivity contribution < 1.29 is 24.8 Å². The van der Waals surface area contributed by atoms with Crippen LogP contribution in [0.25, 0.3) is 33.3 Å². The van der Waals surface area contributed by atoms with Crippen LogP contribution in [0.2, 0.25) is 0 Å². The van der Waals surface area contributed by atoms with Gasteiger partial charge in [0.05, 0.1) is 54.4 Å². The number of nitrogens with zero attached hydrogens (tertiary/aromatic N) is 10. The summed E-state index contributed by atoms with van der Waals surface area (Å²) in [6, 6.07) is 13.1. The Hall–Kier alpha value is -5.46. The molecule has 3 atom stereocenters. The highest BCUT2D eigenvalue weighted by molar-refractivity contribution is 5.84. The first-order valence-corrected chi connectivity index (χ1v) is 25.0. The van der Waals surface area contributed by atoms with Crippen LogP contribution in [0.5, 0.6) is 0 Å². The molecule has 2 aliphatic heterocycles. The number of aliphatic hydroxyl groups excluding tert-OH is 2. The molecule has 0 radical (unpaired) electrons. The molecule has 2 aliphatic carbocycles. The smallest absolute Gasteiger partial charge is 0.241 e. The van der Waals surface area contributed by atoms with E-state index in [9.17, 15) is 15.3 Å². The second-order valence-corrected chi connectivity index (χ2v) is 21.2. The Labute approximate surface area is 405 Å². The number of β-amino-alcohol motifs (C(OH)–C–C–N with tert-alkyl or cyclic N) is 1. The highest BCUT2D eigenvalue weighted by Crippen LogP contribution is 2.41. The van der Waals surface area contributed by atoms with Gasteiger partial charge in [-0.25, -0.2) is 29.0 Å². The van der Waals surface area contributed by atoms with Crippen molar-refractivity contribution >= 4 is 34.6 Å². The number of hydrogen-bond donors (Lipinski definition) is 5. The van der Waals surface area contributed by atoms with Gasteiger partial charge in [-0.3, -0.25) is 0 Å². The maximum atomic E-state index is 10.4. The van der Waals surface area contributed by atoms with Gasteiger partial charge >= 0.3 is 0 Å². The number of pyridine rings is 2. The maximum absolute atomic E-state index is 10.4. The van der Waals surface area contributed by atoms with E-state index in [1.165, 1.54) is 5.69 Å². The van der Waals surface area contributed by atoms with Gasteiger partial charge < -0.3 is 45.2 Å². The molecule has 4 fully saturated rings. The Balaban J connectivity index is 0.000000172. The molecule has 0 bridgehead atoms. The topological polar surface area (TPSA) is 196 Å². The predicted octanol–water partition coefficient (Wildman–Crippen LogP) is 7.32. The first-order chi connectivity index (χ1) is 33.2. The molecular formula is C52H72N12O5. The fourth-order valence-electron chi connectivity index (χ4n) is 10.8. The molecule has 5 N–H and O–H groups in total. The van der Waals surface area contributed by atoms with Gasteiger partial charge in [-0.1, -0.05) is 13.8 Å². The summed E-state index contributed by atoms with van der Waals surface area (Å²) in [4.78, 5) is 22.9. The summed E-state index contributed by atoms with van der Waals surface area (Å²) in [5.74, 6) is 3.74. The number of hydrogen-bond acceptors (Lipinski definition) is 15. The van der Waals surface area contributed by atoms with E-state index in [4.69, 9.17) is 19.7 Å². The van der Waals surface area contributed by atoms with E-state index in [0.29, 0.717) is 48.9 Å². The molecule has 4 aliphatic rings. The Kier molecular flexibility index (Phi) is 14.4. The molecule has 0 spiro atoms. The average Bonchev–Trinajstić information content (AvgIpc) is 4.02. The first-order valence-electron chi connectivity index (χ1n) is 25.0. The number of aliphatic hydroxyl groups is 3. The third kappa shape index (κ3) is 11.1. The molecule has 17 heteroatoms. The van der Waals surface area contributed by atoms with E-state index < -0.39 is 5.60 Å². The molecular weight excluding hydrogens is 873 g/mol. The zero-order valence-corrected chi connectivity index (χ0v) is 41.5. The van der Waals surface area contributed by atoms with Crippen LogP contribution in [0.3, 0.4) is 0 Å². The Morgan fingerprint density at radius 3 is 1.49 bits per heavy atom. The first kappa shape index (κ1) is 48.6. The van der Waals surface area contributed by atoms with Crippen LogP contribution in [0.15, 0.2) is 61.2 Å². The highest BCUT2D eigenvalue weighted by atomic mass is 16.5. The van der Waals surface area contributed by atoms with Crippen molar-refractivity contribution in [2.75, 3.05) is 74.0 Å². The molecule has 0 amide bonds. The Morgan fingerprint density at radius 1 is 0.638 bits per heavy atom. The van der Waals surface area contributed by atoms with Crippen LogP contribution in [-0.2, 0) is 9.47 Å². The largest absolute Gasteiger partial charge is 0.393 e. The van der Waals surface area contributed by atoms with Crippen molar-refractivity contribution in [1.29, 1.82) is 0 Å². The lowest BCUT2D eigenvalue weighted by atomic mass is 9.84. The van der Waals surface area contributed by atoms with Crippen LogP contribution >= 0.6 is 0 Å². The van der Waals surface area contributed by atoms with Gasteiger partial charge in [-0.15, -0.1) is 10.2 Å². The summed E-state index contributed by atoms with van der Waals surface area (Å²) in [5, 5.41) is 47.0. The van der Waals surface area contributed by atoms with E-state index in [1.807, 2.05) is 49.2 Å². The van der Waals surface area contributed by atoms with Gasteiger partial charge in [0.1, 0.15) is 11.6 Å². The standard InChI is InChI=1S/C26H36N6O3.C26H36N6O2/c1-17(15-35-3)29-25-28-14-23-21(13-22(32(23)30-25)18-4-6-20(33)7-5-18)19-8-10-27-24(12-19)31-11-9-26(2,34)16-31;1-17(14-34-4)29-25-28-13-23-21(12-22(32(23)30-25)18-5-7-20(33)8-6-18)19-9-10-27-24(11-19)31-15-26(2,3)16-31/h8,10,12-14,17-18,20,33-34H,4-7,9,11,15-16H2,1-3H3,(H,29,30);9-13,17-18,20,33H,5-8,14-16H2,1-4H3,(H,29,30)/t17-,18?,20?,26?;17-,18?,20?/m00/s1. The van der Waals surface area contributed by atoms with Crippen LogP contribution < -0.4 is 20.4 Å². The fourth-order valence-corrected chi connectivity index (χ4v) is 10.8. The number of fused-ring (bicyclic) bond motifs is 2. The molecule has 0 aromatic carbocycles. The zero-order valence-electron chi connectivity index (χ0n) is 41.5. The van der Waals surface area contributed by atoms with Crippen molar-refractivity contribution in [2.24, 2.45) is 5.41 Å². The molecule has 2 saturated heterocycles. The zero-order chi connectivity index (χ0) is 48.5. The van der Waals surface area contributed by atoms with Crippen LogP contribution in [0.4, 0.5) is 23.5 Å². The van der Waals surface area contributed by atoms with Crippen LogP contribution in [-0.4, -0.2) is 138 Å². The number of nitrogens with one attached hydrogen (secondary N) is 2. The third-order valence-corrected chi connectivity index (χ3v) is 14.4. The monoisotopic (exact) mass is 945 g/mol. The lowest BCUT2D eigenvalue weighted by Crippen LogP contribution is -2.53. The van der Waals surface area contributed by atoms with Gasteiger partial charge in [0, 0.05) is 99.2 Å². The fraction of sp³-hybridized carbons (Fsp3) is 0.577. The van der Waals surface area contributed by atoms with Crippen molar-refractivity contribution in [1.82, 2.24) is 39.2 Å². The second kappa shape index (κ2) is 20.5. The molecule has 6 aromatic rings. The van der Waals surface area contributed by atoms with E-state index in [2.05, 4.69) is 96.0 Å². The van der Waals surface area contributed by atoms with E-state index in [1.54, 1.807) is 14.2 Å². The van der Waals surface area contributed by atoms with E-state index in [-0.39, 0.29) is 24.3 Å². The predicted molar refractivity (Wildman–Crippen MR) is 270 cm³/mol. The normalized spacial score (nSPS) is 24.4. The number of methoxy groups -OCH3 is 2. The highest BCUT2D eigenvalue weighted by Gasteiger charge is 2.36. The summed E-state index contributed by atoms with van der Waals surface area (Å²) in [6.45, 7) is 15.1. The molecule has 1 unspecified atom stereocenters. The summed E-state index contributed by atoms with van der Waals surface area (Å²) >= 11 is 0. The molecule has 370 valence electrons. The number of rotatable bonds is 14. The quantitative estimate of drug-likeness (QED) is 0.0728. The Bertz CT molecular complexity index is 2680. The van der Waals surface area contributed by atoms with Gasteiger partial charge in [-0.2, -0.15) is 0 Å². The maximum Gasteiger partial charge on any atom is 0.241 e. The molecule has 6 aromatic heterocycles. The summed E-state index contributed by atoms with van der Waals surface area (Å²) in [7, 11) is 3.38. The van der Waals surface area contributed by atoms with Crippen molar-refractivity contribution in [2.45, 2.75) is 134 Å². The lowest BCUT2D eigenvalue weighted by Gasteiger charge is -2.46. The minimum Gasteiger partial charge on any atom is -0.393 e. The Morgan fingerprint density at radius 2 is 1.09 bits per heavy atom. The van der Waals surface area contributed by atoms with E-state index >= 15 is 0 Å². The number of aromatic nitrogens is 8. The lowest BCUT2D eigenvalue weighted by molar-refractivity contribution is 0.0839. The molecule has 69 heavy (non-hydrogen) atoms. The van der Waals surface area contributed by atoms with Gasteiger partial charge in [0.2, 0.25) is 11.9 Å². The number of ether oxygens (including phenoxy) is 2. The van der Waals surface area contributed by atoms with Gasteiger partial charge in [0.25, 0.3) is 0 Å². The SMILES string of the molecule is COC[C@H](C)Nc1ncc2c(-c3ccnc(N4CC(C)(C)C4)c3)cc(C3CCC(O)CC3)n2n1.COC[C@H](C)Nc1ncc2c(-c3ccnc(N4CCC(C)(O)C4)c3)cc(C3CCC(O)CC3)n2n1. The third-order valence-electron chi connectivity index (χ3n) is 14.4. The van der Waals surface area contributed by atoms with E-state index in [0.717, 1.165) is 128 Å². The molecule has 2 saturated carbocycles. The minimum absolute atomic E-state index is 0.0844. The molecule has 8 heterocycles. The molecule has 10 rings (SSSR count). The number of anilines is 4. The van der Waals surface area contributed by atoms with Crippen LogP contribution in [0.1, 0.15) is 116 Å². The van der Waals surface area contributed by atoms with Crippen molar-refractivity contribution in [3.63, 3.8) is 0 Å². The summed E-state index contributed by atoms with van der Waals surface area (Å²) < 4.78 is 14.6. The molecule has 17 nitrogen and oxygen atoms in total. The van der Waals surface area contributed by atoms with Crippen LogP contribution in [0, 0.1) is 5.41 Å². The summed E-state index contributed by atoms with van der Waals surface area (Å²) in [6.07, 6.45) is 14.9. The van der Waals surface area contributed by atoms with Gasteiger partial charge in [0.15, 0.2) is 0 Å². The van der Waals surface area contributed by atoms with Crippen molar-refractivity contribution in [3.8, 4) is 22.3 Å². The van der Waals surface area contributed by atoms with Gasteiger partial charge in [-0.05, 0) is 131 Å². The minimum atomic E-state index is -0.684. The van der Waals surface area contributed by atoms with Crippen molar-refractivity contribution in [3.05, 3.63) is 72.6 Å². The second-order valence-electron chi connectivity index (χ2n) is 21.2. The average molecular weight is 945 g/mol.